The summed E-state index contributed by atoms with van der Waals surface area (Å²) in [5.74, 6) is 0.621. The zero-order valence-electron chi connectivity index (χ0n) is 7.62. The van der Waals surface area contributed by atoms with E-state index in [0.717, 1.165) is 24.2 Å². The zero-order chi connectivity index (χ0) is 9.26. The van der Waals surface area contributed by atoms with Crippen LogP contribution in [0.15, 0.2) is 24.3 Å². The van der Waals surface area contributed by atoms with E-state index in [1.807, 2.05) is 24.3 Å². The second kappa shape index (κ2) is 3.21. The summed E-state index contributed by atoms with van der Waals surface area (Å²) in [6.07, 6.45) is 1.89. The molecule has 0 radical (unpaired) electrons. The zero-order valence-corrected chi connectivity index (χ0v) is 7.62. The second-order valence-corrected chi connectivity index (χ2v) is 3.30. The lowest BCUT2D eigenvalue weighted by atomic mass is 9.96. The highest BCUT2D eigenvalue weighted by molar-refractivity contribution is 5.85. The lowest BCUT2D eigenvalue weighted by Gasteiger charge is -2.03. The van der Waals surface area contributed by atoms with Crippen LogP contribution in [0.25, 0.3) is 0 Å². The Balaban J connectivity index is 2.35. The van der Waals surface area contributed by atoms with Crippen LogP contribution in [0.3, 0.4) is 0 Å². The van der Waals surface area contributed by atoms with Gasteiger partial charge in [0.2, 0.25) is 0 Å². The smallest absolute Gasteiger partial charge is 0.318 e. The predicted molar refractivity (Wildman–Crippen MR) is 49.7 cm³/mol. The highest BCUT2D eigenvalue weighted by atomic mass is 16.5. The average Bonchev–Trinajstić information content (AvgIpc) is 2.44. The van der Waals surface area contributed by atoms with Crippen LogP contribution in [0.1, 0.15) is 31.2 Å². The Bertz CT molecular complexity index is 331. The highest BCUT2D eigenvalue weighted by Crippen LogP contribution is 2.36. The summed E-state index contributed by atoms with van der Waals surface area (Å²) in [5, 5.41) is 0. The van der Waals surface area contributed by atoms with Gasteiger partial charge in [0.1, 0.15) is 5.75 Å². The SMILES string of the molecule is CCCC1C(=O)Oc2ccccc21. The fourth-order valence-electron chi connectivity index (χ4n) is 1.73. The molecule has 13 heavy (non-hydrogen) atoms. The van der Waals surface area contributed by atoms with Crippen molar-refractivity contribution in [1.82, 2.24) is 0 Å². The quantitative estimate of drug-likeness (QED) is 0.511. The van der Waals surface area contributed by atoms with Crippen LogP contribution in [-0.2, 0) is 4.79 Å². The van der Waals surface area contributed by atoms with E-state index in [1.165, 1.54) is 0 Å². The van der Waals surface area contributed by atoms with Crippen LogP contribution in [0.4, 0.5) is 0 Å². The van der Waals surface area contributed by atoms with Crippen molar-refractivity contribution in [2.24, 2.45) is 0 Å². The lowest BCUT2D eigenvalue weighted by molar-refractivity contribution is -0.134. The maximum atomic E-state index is 11.4. The van der Waals surface area contributed by atoms with E-state index in [-0.39, 0.29) is 11.9 Å². The number of ether oxygens (including phenoxy) is 1. The number of carbonyl (C=O) groups is 1. The summed E-state index contributed by atoms with van der Waals surface area (Å²) >= 11 is 0. The molecule has 1 aliphatic rings. The molecule has 0 saturated carbocycles. The van der Waals surface area contributed by atoms with E-state index >= 15 is 0 Å². The molecular formula is C11H12O2. The van der Waals surface area contributed by atoms with Gasteiger partial charge in [0.25, 0.3) is 0 Å². The minimum atomic E-state index is -0.0944. The van der Waals surface area contributed by atoms with Gasteiger partial charge in [-0.3, -0.25) is 4.79 Å². The number of hydrogen-bond acceptors (Lipinski definition) is 2. The van der Waals surface area contributed by atoms with Crippen LogP contribution in [0.5, 0.6) is 5.75 Å². The first-order chi connectivity index (χ1) is 6.33. The molecule has 0 spiro atoms. The van der Waals surface area contributed by atoms with E-state index in [0.29, 0.717) is 0 Å². The van der Waals surface area contributed by atoms with Gasteiger partial charge in [0.15, 0.2) is 0 Å². The maximum absolute atomic E-state index is 11.4. The standard InChI is InChI=1S/C11H12O2/c1-2-5-9-8-6-3-4-7-10(8)13-11(9)12/h3-4,6-7,9H,2,5H2,1H3. The predicted octanol–water partition coefficient (Wildman–Crippen LogP) is 2.49. The van der Waals surface area contributed by atoms with Gasteiger partial charge in [0, 0.05) is 5.56 Å². The van der Waals surface area contributed by atoms with Gasteiger partial charge >= 0.3 is 5.97 Å². The molecule has 0 bridgehead atoms. The summed E-state index contributed by atoms with van der Waals surface area (Å²) in [7, 11) is 0. The van der Waals surface area contributed by atoms with Crippen molar-refractivity contribution < 1.29 is 9.53 Å². The molecule has 0 saturated heterocycles. The van der Waals surface area contributed by atoms with E-state index in [4.69, 9.17) is 4.74 Å². The largest absolute Gasteiger partial charge is 0.426 e. The Morgan fingerprint density at radius 2 is 2.15 bits per heavy atom. The van der Waals surface area contributed by atoms with Crippen molar-refractivity contribution in [3.8, 4) is 5.75 Å². The van der Waals surface area contributed by atoms with Crippen LogP contribution >= 0.6 is 0 Å². The molecule has 1 heterocycles. The lowest BCUT2D eigenvalue weighted by Crippen LogP contribution is -2.09. The van der Waals surface area contributed by atoms with Gasteiger partial charge < -0.3 is 4.74 Å². The molecule has 2 heteroatoms. The molecule has 1 unspecified atom stereocenters. The number of hydrogen-bond donors (Lipinski definition) is 0. The van der Waals surface area contributed by atoms with Gasteiger partial charge in [-0.15, -0.1) is 0 Å². The molecular weight excluding hydrogens is 164 g/mol. The number of fused-ring (bicyclic) bond motifs is 1. The minimum absolute atomic E-state index is 0.0267. The number of carbonyl (C=O) groups excluding carboxylic acids is 1. The monoisotopic (exact) mass is 176 g/mol. The van der Waals surface area contributed by atoms with Gasteiger partial charge in [-0.1, -0.05) is 31.5 Å². The Labute approximate surface area is 77.5 Å². The highest BCUT2D eigenvalue weighted by Gasteiger charge is 2.31. The number of esters is 1. The molecule has 2 nitrogen and oxygen atoms in total. The summed E-state index contributed by atoms with van der Waals surface area (Å²) in [4.78, 5) is 11.4. The van der Waals surface area contributed by atoms with E-state index in [1.54, 1.807) is 0 Å². The van der Waals surface area contributed by atoms with Crippen LogP contribution in [0.2, 0.25) is 0 Å². The number of rotatable bonds is 2. The van der Waals surface area contributed by atoms with Crippen LogP contribution in [0, 0.1) is 0 Å². The van der Waals surface area contributed by atoms with Crippen LogP contribution in [-0.4, -0.2) is 5.97 Å². The molecule has 0 amide bonds. The fourth-order valence-corrected chi connectivity index (χ4v) is 1.73. The van der Waals surface area contributed by atoms with Crippen molar-refractivity contribution in [3.05, 3.63) is 29.8 Å². The normalized spacial score (nSPS) is 19.8. The maximum Gasteiger partial charge on any atom is 0.318 e. The summed E-state index contributed by atoms with van der Waals surface area (Å²) < 4.78 is 5.13. The molecule has 2 rings (SSSR count). The van der Waals surface area contributed by atoms with Gasteiger partial charge in [-0.2, -0.15) is 0 Å². The van der Waals surface area contributed by atoms with E-state index in [9.17, 15) is 4.79 Å². The average molecular weight is 176 g/mol. The Morgan fingerprint density at radius 1 is 1.38 bits per heavy atom. The van der Waals surface area contributed by atoms with Crippen molar-refractivity contribution >= 4 is 5.97 Å². The summed E-state index contributed by atoms with van der Waals surface area (Å²) in [6.45, 7) is 2.08. The first kappa shape index (κ1) is 8.30. The fraction of sp³-hybridized carbons (Fsp3) is 0.364. The molecule has 0 fully saturated rings. The van der Waals surface area contributed by atoms with Gasteiger partial charge in [-0.25, -0.2) is 0 Å². The van der Waals surface area contributed by atoms with Crippen molar-refractivity contribution in [3.63, 3.8) is 0 Å². The van der Waals surface area contributed by atoms with Crippen molar-refractivity contribution in [2.45, 2.75) is 25.7 Å². The van der Waals surface area contributed by atoms with E-state index < -0.39 is 0 Å². The van der Waals surface area contributed by atoms with E-state index in [2.05, 4.69) is 6.92 Å². The third-order valence-electron chi connectivity index (χ3n) is 2.37. The van der Waals surface area contributed by atoms with Crippen LogP contribution < -0.4 is 4.74 Å². The Kier molecular flexibility index (Phi) is 2.05. The topological polar surface area (TPSA) is 26.3 Å². The number of para-hydroxylation sites is 1. The molecule has 68 valence electrons. The molecule has 1 aromatic rings. The third kappa shape index (κ3) is 1.32. The molecule has 0 N–H and O–H groups in total. The molecule has 0 aliphatic carbocycles. The first-order valence-electron chi connectivity index (χ1n) is 4.63. The summed E-state index contributed by atoms with van der Waals surface area (Å²) in [6, 6.07) is 7.66. The molecule has 0 aromatic heterocycles. The first-order valence-corrected chi connectivity index (χ1v) is 4.63. The van der Waals surface area contributed by atoms with Gasteiger partial charge in [-0.05, 0) is 12.5 Å². The second-order valence-electron chi connectivity index (χ2n) is 3.30. The van der Waals surface area contributed by atoms with Crippen molar-refractivity contribution in [1.29, 1.82) is 0 Å². The minimum Gasteiger partial charge on any atom is -0.426 e. The van der Waals surface area contributed by atoms with Gasteiger partial charge in [0.05, 0.1) is 5.92 Å². The third-order valence-corrected chi connectivity index (χ3v) is 2.37. The molecule has 1 atom stereocenters. The Hall–Kier alpha value is -1.31. The molecule has 1 aliphatic heterocycles. The summed E-state index contributed by atoms with van der Waals surface area (Å²) in [5.41, 5.74) is 1.05. The molecule has 1 aromatic carbocycles. The van der Waals surface area contributed by atoms with Crippen molar-refractivity contribution in [2.75, 3.05) is 0 Å². The number of benzene rings is 1. The Morgan fingerprint density at radius 3 is 2.92 bits per heavy atom.